The Bertz CT molecular complexity index is 410. The lowest BCUT2D eigenvalue weighted by molar-refractivity contribution is 0.0855. The highest BCUT2D eigenvalue weighted by atomic mass is 19.1. The Hall–Kier alpha value is -1.38. The number of hydrogen-bond donors (Lipinski definition) is 1. The van der Waals surface area contributed by atoms with Crippen LogP contribution in [0.3, 0.4) is 0 Å². The molecule has 0 heterocycles. The highest BCUT2D eigenvalue weighted by Crippen LogP contribution is 2.32. The summed E-state index contributed by atoms with van der Waals surface area (Å²) in [5, 5.41) is 0. The highest BCUT2D eigenvalue weighted by Gasteiger charge is 2.28. The molecule has 1 fully saturated rings. The van der Waals surface area contributed by atoms with Crippen molar-refractivity contribution in [2.24, 2.45) is 5.92 Å². The second-order valence-corrected chi connectivity index (χ2v) is 4.18. The quantitative estimate of drug-likeness (QED) is 0.598. The molecule has 80 valence electrons. The molecule has 1 aliphatic rings. The van der Waals surface area contributed by atoms with E-state index in [9.17, 15) is 9.18 Å². The second kappa shape index (κ2) is 3.65. The van der Waals surface area contributed by atoms with Gasteiger partial charge in [0.1, 0.15) is 5.82 Å². The van der Waals surface area contributed by atoms with Crippen LogP contribution in [0.5, 0.6) is 0 Å². The van der Waals surface area contributed by atoms with Crippen LogP contribution in [0.4, 0.5) is 10.1 Å². The molecule has 0 aliphatic heterocycles. The van der Waals surface area contributed by atoms with Crippen molar-refractivity contribution in [1.82, 2.24) is 0 Å². The first-order valence-corrected chi connectivity index (χ1v) is 5.19. The third kappa shape index (κ3) is 1.74. The van der Waals surface area contributed by atoms with Crippen molar-refractivity contribution < 1.29 is 9.18 Å². The first-order valence-electron chi connectivity index (χ1n) is 5.19. The maximum Gasteiger partial charge on any atom is 0.168 e. The van der Waals surface area contributed by atoms with E-state index in [4.69, 9.17) is 5.73 Å². The van der Waals surface area contributed by atoms with Gasteiger partial charge in [0.05, 0.1) is 0 Å². The highest BCUT2D eigenvalue weighted by molar-refractivity contribution is 6.03. The molecule has 0 aromatic heterocycles. The summed E-state index contributed by atoms with van der Waals surface area (Å²) in [4.78, 5) is 11.9. The molecule has 1 aromatic rings. The first kappa shape index (κ1) is 10.1. The van der Waals surface area contributed by atoms with E-state index in [1.807, 2.05) is 0 Å². The van der Waals surface area contributed by atoms with Gasteiger partial charge in [0.15, 0.2) is 5.78 Å². The number of Topliss-reactive ketones (excluding diaryl/α,β-unsaturated/α-hetero) is 1. The average Bonchev–Trinajstić information content (AvgIpc) is 2.08. The molecular formula is C12H14FNO. The predicted molar refractivity (Wildman–Crippen MR) is 57.2 cm³/mol. The van der Waals surface area contributed by atoms with Crippen LogP contribution in [-0.4, -0.2) is 5.78 Å². The van der Waals surface area contributed by atoms with Crippen molar-refractivity contribution in [1.29, 1.82) is 0 Å². The van der Waals surface area contributed by atoms with Crippen molar-refractivity contribution in [3.8, 4) is 0 Å². The Morgan fingerprint density at radius 3 is 2.67 bits per heavy atom. The van der Waals surface area contributed by atoms with Crippen LogP contribution in [0.25, 0.3) is 0 Å². The molecule has 0 saturated heterocycles. The molecule has 1 saturated carbocycles. The van der Waals surface area contributed by atoms with Gasteiger partial charge in [-0.2, -0.15) is 0 Å². The summed E-state index contributed by atoms with van der Waals surface area (Å²) in [6, 6.07) is 2.61. The lowest BCUT2D eigenvalue weighted by Gasteiger charge is -2.24. The Labute approximate surface area is 88.3 Å². The van der Waals surface area contributed by atoms with Crippen LogP contribution in [0.15, 0.2) is 12.1 Å². The monoisotopic (exact) mass is 207 g/mol. The smallest absolute Gasteiger partial charge is 0.168 e. The van der Waals surface area contributed by atoms with Gasteiger partial charge in [-0.1, -0.05) is 6.42 Å². The van der Waals surface area contributed by atoms with E-state index in [1.165, 1.54) is 12.1 Å². The van der Waals surface area contributed by atoms with Gasteiger partial charge in [-0.25, -0.2) is 4.39 Å². The van der Waals surface area contributed by atoms with E-state index >= 15 is 0 Å². The van der Waals surface area contributed by atoms with Gasteiger partial charge in [0.2, 0.25) is 0 Å². The number of carbonyl (C=O) groups is 1. The van der Waals surface area contributed by atoms with Gasteiger partial charge in [0, 0.05) is 17.2 Å². The molecule has 1 aliphatic carbocycles. The van der Waals surface area contributed by atoms with Gasteiger partial charge in [-0.3, -0.25) is 4.79 Å². The lowest BCUT2D eigenvalue weighted by atomic mass is 9.79. The number of carbonyl (C=O) groups excluding carboxylic acids is 1. The Morgan fingerprint density at radius 2 is 2.13 bits per heavy atom. The van der Waals surface area contributed by atoms with Crippen molar-refractivity contribution in [3.05, 3.63) is 29.1 Å². The van der Waals surface area contributed by atoms with E-state index in [-0.39, 0.29) is 17.5 Å². The maximum atomic E-state index is 13.1. The average molecular weight is 207 g/mol. The molecule has 15 heavy (non-hydrogen) atoms. The van der Waals surface area contributed by atoms with Gasteiger partial charge < -0.3 is 5.73 Å². The number of rotatable bonds is 2. The molecule has 0 radical (unpaired) electrons. The summed E-state index contributed by atoms with van der Waals surface area (Å²) in [5.41, 5.74) is 7.20. The molecule has 2 N–H and O–H groups in total. The van der Waals surface area contributed by atoms with Crippen molar-refractivity contribution in [3.63, 3.8) is 0 Å². The molecule has 0 spiro atoms. The molecule has 0 unspecified atom stereocenters. The number of anilines is 1. The summed E-state index contributed by atoms with van der Waals surface area (Å²) in [6.07, 6.45) is 2.91. The minimum Gasteiger partial charge on any atom is -0.398 e. The van der Waals surface area contributed by atoms with Crippen LogP contribution in [-0.2, 0) is 0 Å². The molecule has 3 heteroatoms. The van der Waals surface area contributed by atoms with Gasteiger partial charge >= 0.3 is 0 Å². The van der Waals surface area contributed by atoms with Crippen LogP contribution < -0.4 is 5.73 Å². The fourth-order valence-electron chi connectivity index (χ4n) is 1.85. The van der Waals surface area contributed by atoms with Crippen LogP contribution in [0, 0.1) is 18.7 Å². The predicted octanol–water partition coefficient (Wildman–Crippen LogP) is 2.70. The standard InChI is InChI=1S/C12H14FNO/c1-7-5-9(13)6-10(11(7)14)12(15)8-3-2-4-8/h5-6,8H,2-4,14H2,1H3. The van der Waals surface area contributed by atoms with Gasteiger partial charge in [-0.15, -0.1) is 0 Å². The van der Waals surface area contributed by atoms with E-state index < -0.39 is 0 Å². The zero-order valence-corrected chi connectivity index (χ0v) is 8.72. The van der Waals surface area contributed by atoms with Crippen molar-refractivity contribution in [2.75, 3.05) is 5.73 Å². The number of nitrogens with two attached hydrogens (primary N) is 1. The summed E-state index contributed by atoms with van der Waals surface area (Å²) >= 11 is 0. The normalized spacial score (nSPS) is 16.1. The van der Waals surface area contributed by atoms with Gasteiger partial charge in [-0.05, 0) is 37.5 Å². The Kier molecular flexibility index (Phi) is 2.47. The molecule has 0 amide bonds. The zero-order chi connectivity index (χ0) is 11.0. The molecule has 0 bridgehead atoms. The fraction of sp³-hybridized carbons (Fsp3) is 0.417. The summed E-state index contributed by atoms with van der Waals surface area (Å²) < 4.78 is 13.1. The number of benzene rings is 1. The third-order valence-electron chi connectivity index (χ3n) is 3.09. The maximum absolute atomic E-state index is 13.1. The minimum atomic E-state index is -0.385. The Morgan fingerprint density at radius 1 is 1.47 bits per heavy atom. The molecule has 2 nitrogen and oxygen atoms in total. The molecule has 1 aromatic carbocycles. The molecule has 2 rings (SSSR count). The minimum absolute atomic E-state index is 0.00125. The fourth-order valence-corrected chi connectivity index (χ4v) is 1.85. The zero-order valence-electron chi connectivity index (χ0n) is 8.72. The van der Waals surface area contributed by atoms with Crippen LogP contribution in [0.2, 0.25) is 0 Å². The third-order valence-corrected chi connectivity index (χ3v) is 3.09. The van der Waals surface area contributed by atoms with E-state index in [1.54, 1.807) is 6.92 Å². The van der Waals surface area contributed by atoms with Gasteiger partial charge in [0.25, 0.3) is 0 Å². The molecule has 0 atom stereocenters. The number of ketones is 1. The largest absolute Gasteiger partial charge is 0.398 e. The number of hydrogen-bond acceptors (Lipinski definition) is 2. The van der Waals surface area contributed by atoms with Crippen molar-refractivity contribution >= 4 is 11.5 Å². The first-order chi connectivity index (χ1) is 7.09. The summed E-state index contributed by atoms with van der Waals surface area (Å²) in [5.74, 6) is -0.320. The molecular weight excluding hydrogens is 193 g/mol. The lowest BCUT2D eigenvalue weighted by Crippen LogP contribution is -2.23. The van der Waals surface area contributed by atoms with E-state index in [2.05, 4.69) is 0 Å². The van der Waals surface area contributed by atoms with E-state index in [0.29, 0.717) is 16.8 Å². The SMILES string of the molecule is Cc1cc(F)cc(C(=O)C2CCC2)c1N. The number of aryl methyl sites for hydroxylation is 1. The van der Waals surface area contributed by atoms with E-state index in [0.717, 1.165) is 19.3 Å². The topological polar surface area (TPSA) is 43.1 Å². The van der Waals surface area contributed by atoms with Crippen molar-refractivity contribution in [2.45, 2.75) is 26.2 Å². The summed E-state index contributed by atoms with van der Waals surface area (Å²) in [7, 11) is 0. The number of nitrogen functional groups attached to an aromatic ring is 1. The summed E-state index contributed by atoms with van der Waals surface area (Å²) in [6.45, 7) is 1.72. The Balaban J connectivity index is 2.38. The van der Waals surface area contributed by atoms with Crippen LogP contribution in [0.1, 0.15) is 35.2 Å². The second-order valence-electron chi connectivity index (χ2n) is 4.18. The van der Waals surface area contributed by atoms with Crippen LogP contribution >= 0.6 is 0 Å². The number of halogens is 1.